The van der Waals surface area contributed by atoms with E-state index < -0.39 is 0 Å². The Morgan fingerprint density at radius 1 is 0.833 bits per heavy atom. The number of benzene rings is 3. The second-order valence-electron chi connectivity index (χ2n) is 7.87. The van der Waals surface area contributed by atoms with Crippen LogP contribution in [0.2, 0.25) is 0 Å². The molecule has 8 heteroatoms. The normalized spacial score (nSPS) is 10.6. The van der Waals surface area contributed by atoms with Gasteiger partial charge in [-0.25, -0.2) is 4.68 Å². The molecule has 0 aliphatic heterocycles. The number of hydrogen-bond acceptors (Lipinski definition) is 5. The molecule has 5 rings (SSSR count). The highest BCUT2D eigenvalue weighted by Gasteiger charge is 2.19. The van der Waals surface area contributed by atoms with Crippen molar-refractivity contribution in [2.24, 2.45) is 0 Å². The molecule has 0 aliphatic rings. The maximum absolute atomic E-state index is 13.3. The number of carbonyl (C=O) groups is 2. The van der Waals surface area contributed by atoms with E-state index in [9.17, 15) is 9.59 Å². The Morgan fingerprint density at radius 2 is 1.56 bits per heavy atom. The van der Waals surface area contributed by atoms with Gasteiger partial charge in [0.05, 0.1) is 24.6 Å². The number of carbonyl (C=O) groups excluding carboxylic acids is 2. The Kier molecular flexibility index (Phi) is 6.31. The number of methoxy groups -OCH3 is 1. The van der Waals surface area contributed by atoms with Gasteiger partial charge in [0.1, 0.15) is 11.4 Å². The van der Waals surface area contributed by atoms with Gasteiger partial charge in [0.15, 0.2) is 5.76 Å². The molecule has 0 aliphatic carbocycles. The number of amides is 2. The molecule has 3 aromatic carbocycles. The van der Waals surface area contributed by atoms with Gasteiger partial charge in [-0.2, -0.15) is 5.10 Å². The molecule has 0 radical (unpaired) electrons. The van der Waals surface area contributed by atoms with Gasteiger partial charge < -0.3 is 19.8 Å². The van der Waals surface area contributed by atoms with E-state index in [4.69, 9.17) is 14.3 Å². The molecular weight excluding hydrogens is 456 g/mol. The number of rotatable bonds is 7. The average molecular weight is 479 g/mol. The van der Waals surface area contributed by atoms with Crippen molar-refractivity contribution in [2.45, 2.75) is 0 Å². The van der Waals surface area contributed by atoms with E-state index in [0.717, 1.165) is 11.3 Å². The van der Waals surface area contributed by atoms with Crippen molar-refractivity contribution in [1.29, 1.82) is 0 Å². The molecule has 0 saturated heterocycles. The summed E-state index contributed by atoms with van der Waals surface area (Å²) in [6.07, 6.45) is 3.14. The monoisotopic (exact) mass is 478 g/mol. The number of para-hydroxylation sites is 1. The van der Waals surface area contributed by atoms with Crippen LogP contribution in [-0.2, 0) is 0 Å². The predicted molar refractivity (Wildman–Crippen MR) is 137 cm³/mol. The van der Waals surface area contributed by atoms with Gasteiger partial charge in [0.2, 0.25) is 0 Å². The summed E-state index contributed by atoms with van der Waals surface area (Å²) < 4.78 is 12.1. The van der Waals surface area contributed by atoms with E-state index in [2.05, 4.69) is 10.6 Å². The van der Waals surface area contributed by atoms with Crippen molar-refractivity contribution < 1.29 is 18.7 Å². The first-order valence-electron chi connectivity index (χ1n) is 11.2. The van der Waals surface area contributed by atoms with Gasteiger partial charge in [-0.15, -0.1) is 0 Å². The summed E-state index contributed by atoms with van der Waals surface area (Å²) in [4.78, 5) is 25.5. The molecule has 36 heavy (non-hydrogen) atoms. The molecule has 5 aromatic rings. The number of hydrogen-bond donors (Lipinski definition) is 2. The van der Waals surface area contributed by atoms with Crippen LogP contribution in [-0.4, -0.2) is 28.7 Å². The van der Waals surface area contributed by atoms with Gasteiger partial charge in [-0.3, -0.25) is 9.59 Å². The average Bonchev–Trinajstić information content (AvgIpc) is 3.61. The Morgan fingerprint density at radius 3 is 2.22 bits per heavy atom. The third kappa shape index (κ3) is 4.88. The predicted octanol–water partition coefficient (Wildman–Crippen LogP) is 5.65. The van der Waals surface area contributed by atoms with Crippen LogP contribution in [0.15, 0.2) is 108 Å². The van der Waals surface area contributed by atoms with Gasteiger partial charge >= 0.3 is 0 Å². The third-order valence-corrected chi connectivity index (χ3v) is 5.47. The molecule has 0 saturated carbocycles. The molecule has 0 fully saturated rings. The summed E-state index contributed by atoms with van der Waals surface area (Å²) in [5, 5.41) is 10.4. The van der Waals surface area contributed by atoms with Crippen LogP contribution in [0, 0.1) is 0 Å². The second-order valence-corrected chi connectivity index (χ2v) is 7.87. The minimum atomic E-state index is -0.354. The highest BCUT2D eigenvalue weighted by molar-refractivity contribution is 6.08. The molecule has 0 atom stereocenters. The number of aromatic nitrogens is 2. The molecular formula is C28H22N4O4. The fourth-order valence-electron chi connectivity index (χ4n) is 3.67. The van der Waals surface area contributed by atoms with Crippen LogP contribution in [0.3, 0.4) is 0 Å². The number of nitrogens with one attached hydrogen (secondary N) is 2. The minimum absolute atomic E-state index is 0.216. The molecule has 2 N–H and O–H groups in total. The van der Waals surface area contributed by atoms with Gasteiger partial charge in [0.25, 0.3) is 11.8 Å². The van der Waals surface area contributed by atoms with E-state index in [1.165, 1.54) is 6.26 Å². The van der Waals surface area contributed by atoms with Crippen molar-refractivity contribution in [1.82, 2.24) is 9.78 Å². The topological polar surface area (TPSA) is 98.4 Å². The van der Waals surface area contributed by atoms with Crippen LogP contribution in [0.4, 0.5) is 11.4 Å². The molecule has 0 unspecified atom stereocenters. The Hall–Kier alpha value is -5.11. The van der Waals surface area contributed by atoms with Crippen molar-refractivity contribution in [3.63, 3.8) is 0 Å². The van der Waals surface area contributed by atoms with E-state index in [1.54, 1.807) is 54.4 Å². The highest BCUT2D eigenvalue weighted by Crippen LogP contribution is 2.28. The number of anilines is 2. The molecule has 2 heterocycles. The first-order chi connectivity index (χ1) is 17.6. The van der Waals surface area contributed by atoms with E-state index >= 15 is 0 Å². The van der Waals surface area contributed by atoms with Crippen LogP contribution in [0.25, 0.3) is 16.9 Å². The minimum Gasteiger partial charge on any atom is -0.497 e. The first-order valence-corrected chi connectivity index (χ1v) is 11.2. The van der Waals surface area contributed by atoms with E-state index in [0.29, 0.717) is 28.4 Å². The Balaban J connectivity index is 1.40. The van der Waals surface area contributed by atoms with Crippen molar-refractivity contribution in [3.8, 4) is 22.7 Å². The quantitative estimate of drug-likeness (QED) is 0.315. The van der Waals surface area contributed by atoms with Crippen molar-refractivity contribution >= 4 is 23.2 Å². The van der Waals surface area contributed by atoms with Crippen LogP contribution >= 0.6 is 0 Å². The summed E-state index contributed by atoms with van der Waals surface area (Å²) in [5.74, 6) is 0.212. The first kappa shape index (κ1) is 22.7. The maximum atomic E-state index is 13.3. The molecule has 8 nitrogen and oxygen atoms in total. The zero-order chi connectivity index (χ0) is 24.9. The highest BCUT2D eigenvalue weighted by atomic mass is 16.5. The summed E-state index contributed by atoms with van der Waals surface area (Å²) >= 11 is 0. The van der Waals surface area contributed by atoms with E-state index in [-0.39, 0.29) is 17.6 Å². The van der Waals surface area contributed by atoms with Crippen LogP contribution in [0.5, 0.6) is 5.75 Å². The van der Waals surface area contributed by atoms with Crippen LogP contribution in [0.1, 0.15) is 20.9 Å². The second kappa shape index (κ2) is 10.0. The zero-order valence-corrected chi connectivity index (χ0v) is 19.3. The fraction of sp³-hybridized carbons (Fsp3) is 0.0357. The number of nitrogens with zero attached hydrogens (tertiary/aromatic N) is 2. The van der Waals surface area contributed by atoms with Gasteiger partial charge in [-0.05, 0) is 60.7 Å². The third-order valence-electron chi connectivity index (χ3n) is 5.47. The largest absolute Gasteiger partial charge is 0.497 e. The smallest absolute Gasteiger partial charge is 0.291 e. The molecule has 2 amide bonds. The van der Waals surface area contributed by atoms with Crippen LogP contribution < -0.4 is 15.4 Å². The molecule has 0 spiro atoms. The van der Waals surface area contributed by atoms with Gasteiger partial charge in [0, 0.05) is 23.1 Å². The standard InChI is InChI=1S/C28H22N4O4/c1-35-23-10-5-7-19(17-23)26-24(18-32(31-26)22-8-3-2-4-9-22)27(33)29-20-12-14-21(15-13-20)30-28(34)25-11-6-16-36-25/h2-18H,1H3,(H,29,33)(H,30,34). The summed E-state index contributed by atoms with van der Waals surface area (Å²) in [6, 6.07) is 27.0. The summed E-state index contributed by atoms with van der Waals surface area (Å²) in [5.41, 5.74) is 3.66. The molecule has 0 bridgehead atoms. The lowest BCUT2D eigenvalue weighted by molar-refractivity contribution is 0.0994. The lowest BCUT2D eigenvalue weighted by Crippen LogP contribution is -2.13. The van der Waals surface area contributed by atoms with Gasteiger partial charge in [-0.1, -0.05) is 30.3 Å². The maximum Gasteiger partial charge on any atom is 0.291 e. The molecule has 178 valence electrons. The lowest BCUT2D eigenvalue weighted by Gasteiger charge is -2.08. The zero-order valence-electron chi connectivity index (χ0n) is 19.3. The fourth-order valence-corrected chi connectivity index (χ4v) is 3.67. The summed E-state index contributed by atoms with van der Waals surface area (Å²) in [6.45, 7) is 0. The lowest BCUT2D eigenvalue weighted by atomic mass is 10.1. The SMILES string of the molecule is COc1cccc(-c2nn(-c3ccccc3)cc2C(=O)Nc2ccc(NC(=O)c3ccco3)cc2)c1. The van der Waals surface area contributed by atoms with Crippen molar-refractivity contribution in [3.05, 3.63) is 115 Å². The number of furan rings is 1. The summed E-state index contributed by atoms with van der Waals surface area (Å²) in [7, 11) is 1.59. The molecule has 2 aromatic heterocycles. The van der Waals surface area contributed by atoms with E-state index in [1.807, 2.05) is 54.6 Å². The van der Waals surface area contributed by atoms with Crippen molar-refractivity contribution in [2.75, 3.05) is 17.7 Å². The number of ether oxygens (including phenoxy) is 1. The Labute approximate surface area is 207 Å². The Bertz CT molecular complexity index is 1490.